The third kappa shape index (κ3) is 5.41. The van der Waals surface area contributed by atoms with E-state index in [1.165, 1.54) is 19.2 Å². The lowest BCUT2D eigenvalue weighted by Crippen LogP contribution is -2.58. The number of halogens is 4. The molecule has 2 aromatic carbocycles. The predicted molar refractivity (Wildman–Crippen MR) is 143 cm³/mol. The molecule has 0 radical (unpaired) electrons. The third-order valence-electron chi connectivity index (χ3n) is 9.60. The molecule has 3 heterocycles. The average Bonchev–Trinajstić information content (AvgIpc) is 3.83. The maximum atomic E-state index is 14.0. The Kier molecular flexibility index (Phi) is 7.43. The van der Waals surface area contributed by atoms with E-state index in [4.69, 9.17) is 9.47 Å². The number of fused-ring (bicyclic) bond motifs is 1. The summed E-state index contributed by atoms with van der Waals surface area (Å²) in [5, 5.41) is 9.76. The molecule has 41 heavy (non-hydrogen) atoms. The highest BCUT2D eigenvalue weighted by atomic mass is 19.4. The van der Waals surface area contributed by atoms with Crippen molar-refractivity contribution < 1.29 is 36.9 Å². The zero-order chi connectivity index (χ0) is 28.9. The second-order valence-corrected chi connectivity index (χ2v) is 12.0. The fourth-order valence-electron chi connectivity index (χ4n) is 7.11. The summed E-state index contributed by atoms with van der Waals surface area (Å²) >= 11 is 0. The van der Waals surface area contributed by atoms with Crippen LogP contribution in [-0.4, -0.2) is 65.8 Å². The molecule has 1 saturated carbocycles. The number of nitrogens with zero attached hydrogens (tertiary/aromatic N) is 2. The van der Waals surface area contributed by atoms with Gasteiger partial charge in [0.2, 0.25) is 0 Å². The lowest BCUT2D eigenvalue weighted by atomic mass is 9.83. The fourth-order valence-corrected chi connectivity index (χ4v) is 7.11. The number of likely N-dealkylation sites (tertiary alicyclic amines) is 1. The minimum absolute atomic E-state index is 0.102. The number of methoxy groups -OCH3 is 1. The van der Waals surface area contributed by atoms with E-state index >= 15 is 0 Å². The second-order valence-electron chi connectivity index (χ2n) is 12.0. The van der Waals surface area contributed by atoms with Crippen molar-refractivity contribution >= 4 is 5.91 Å². The van der Waals surface area contributed by atoms with Gasteiger partial charge in [0.15, 0.2) is 11.6 Å². The molecule has 10 heteroatoms. The Hall–Kier alpha value is -2.85. The van der Waals surface area contributed by atoms with Crippen LogP contribution in [0, 0.1) is 11.7 Å². The number of hydrogen-bond donors (Lipinski definition) is 1. The minimum atomic E-state index is -4.50. The number of amides is 1. The van der Waals surface area contributed by atoms with Crippen LogP contribution in [0.5, 0.6) is 11.5 Å². The van der Waals surface area contributed by atoms with Gasteiger partial charge in [-0.2, -0.15) is 13.2 Å². The first kappa shape index (κ1) is 28.3. The van der Waals surface area contributed by atoms with Crippen molar-refractivity contribution in [2.75, 3.05) is 33.4 Å². The number of phenols is 1. The van der Waals surface area contributed by atoms with Crippen LogP contribution in [0.2, 0.25) is 0 Å². The van der Waals surface area contributed by atoms with Gasteiger partial charge in [-0.15, -0.1) is 0 Å². The molecule has 4 aliphatic rings. The number of carbonyl (C=O) groups is 1. The van der Waals surface area contributed by atoms with Crippen LogP contribution in [0.25, 0.3) is 0 Å². The average molecular weight is 577 g/mol. The number of ether oxygens (including phenoxy) is 2. The van der Waals surface area contributed by atoms with Crippen LogP contribution in [0.3, 0.4) is 0 Å². The summed E-state index contributed by atoms with van der Waals surface area (Å²) in [6.45, 7) is 2.69. The van der Waals surface area contributed by atoms with Gasteiger partial charge in [-0.05, 0) is 105 Å². The molecule has 1 aliphatic carbocycles. The van der Waals surface area contributed by atoms with Gasteiger partial charge in [0.05, 0.1) is 19.3 Å². The highest BCUT2D eigenvalue weighted by molar-refractivity contribution is 5.86. The van der Waals surface area contributed by atoms with Gasteiger partial charge in [-0.25, -0.2) is 4.39 Å². The van der Waals surface area contributed by atoms with E-state index in [1.807, 2.05) is 0 Å². The van der Waals surface area contributed by atoms with Crippen LogP contribution in [0.1, 0.15) is 66.7 Å². The van der Waals surface area contributed by atoms with Crippen LogP contribution in [0.15, 0.2) is 30.3 Å². The highest BCUT2D eigenvalue weighted by Crippen LogP contribution is 2.49. The Morgan fingerprint density at radius 3 is 2.44 bits per heavy atom. The Morgan fingerprint density at radius 2 is 1.83 bits per heavy atom. The van der Waals surface area contributed by atoms with Gasteiger partial charge >= 0.3 is 6.18 Å². The van der Waals surface area contributed by atoms with Crippen LogP contribution < -0.4 is 4.74 Å². The number of piperidine rings is 1. The van der Waals surface area contributed by atoms with Gasteiger partial charge in [0.25, 0.3) is 5.91 Å². The van der Waals surface area contributed by atoms with E-state index < -0.39 is 23.2 Å². The normalized spacial score (nSPS) is 26.1. The molecule has 222 valence electrons. The zero-order valence-electron chi connectivity index (χ0n) is 23.2. The number of aromatic hydroxyl groups is 1. The lowest BCUT2D eigenvalue weighted by Gasteiger charge is -2.46. The van der Waals surface area contributed by atoms with Crippen molar-refractivity contribution in [2.45, 2.75) is 75.2 Å². The van der Waals surface area contributed by atoms with E-state index in [2.05, 4.69) is 4.90 Å². The second kappa shape index (κ2) is 10.8. The van der Waals surface area contributed by atoms with Crippen molar-refractivity contribution in [3.63, 3.8) is 0 Å². The SMILES string of the molecule is COc1cc(C(F)(F)F)cc2c1CCN(C(=O)[C@@]1(C3CC3)CCC(N3CCC(c4ccc(F)c(O)c4)CC3)CO1)C2. The molecule has 3 fully saturated rings. The molecule has 2 aromatic rings. The minimum Gasteiger partial charge on any atom is -0.505 e. The molecule has 0 aromatic heterocycles. The summed E-state index contributed by atoms with van der Waals surface area (Å²) in [7, 11) is 1.37. The van der Waals surface area contributed by atoms with E-state index in [0.717, 1.165) is 68.5 Å². The highest BCUT2D eigenvalue weighted by Gasteiger charge is 2.56. The van der Waals surface area contributed by atoms with Crippen molar-refractivity contribution in [3.8, 4) is 11.5 Å². The van der Waals surface area contributed by atoms with Gasteiger partial charge in [0.1, 0.15) is 11.4 Å². The number of carbonyl (C=O) groups excluding carboxylic acids is 1. The van der Waals surface area contributed by atoms with E-state index in [-0.39, 0.29) is 41.8 Å². The predicted octanol–water partition coefficient (Wildman–Crippen LogP) is 5.65. The molecule has 1 unspecified atom stereocenters. The van der Waals surface area contributed by atoms with Crippen LogP contribution >= 0.6 is 0 Å². The van der Waals surface area contributed by atoms with E-state index in [0.29, 0.717) is 31.6 Å². The molecule has 3 aliphatic heterocycles. The van der Waals surface area contributed by atoms with Crippen molar-refractivity contribution in [2.24, 2.45) is 5.92 Å². The molecular weight excluding hydrogens is 540 g/mol. The Labute approximate surface area is 237 Å². The van der Waals surface area contributed by atoms with Gasteiger partial charge < -0.3 is 19.5 Å². The number of phenolic OH excluding ortho intramolecular Hbond substituents is 1. The van der Waals surface area contributed by atoms with Gasteiger partial charge in [-0.1, -0.05) is 6.07 Å². The van der Waals surface area contributed by atoms with E-state index in [9.17, 15) is 27.5 Å². The zero-order valence-corrected chi connectivity index (χ0v) is 23.2. The largest absolute Gasteiger partial charge is 0.505 e. The standard InChI is InChI=1S/C31H36F4N2O4/c1-40-28-16-23(31(33,34)35)14-21-17-37(13-9-25(21)28)29(39)30(22-3-4-22)10-6-24(18-41-30)36-11-7-19(8-12-36)20-2-5-26(32)27(38)15-20/h2,5,14-16,19,22,24,38H,3-4,6-13,17-18H2,1H3/t24?,30-/m0/s1. The van der Waals surface area contributed by atoms with Crippen molar-refractivity contribution in [1.82, 2.24) is 9.80 Å². The number of alkyl halides is 3. The molecule has 2 saturated heterocycles. The number of rotatable bonds is 5. The maximum absolute atomic E-state index is 14.0. The summed E-state index contributed by atoms with van der Waals surface area (Å²) in [5.41, 5.74) is 0.479. The maximum Gasteiger partial charge on any atom is 0.416 e. The molecule has 0 spiro atoms. The fraction of sp³-hybridized carbons (Fsp3) is 0.581. The van der Waals surface area contributed by atoms with Gasteiger partial charge in [-0.3, -0.25) is 9.69 Å². The summed E-state index contributed by atoms with van der Waals surface area (Å²) in [4.78, 5) is 18.1. The Morgan fingerprint density at radius 1 is 1.07 bits per heavy atom. The first-order chi connectivity index (χ1) is 19.6. The first-order valence-electron chi connectivity index (χ1n) is 14.5. The lowest BCUT2D eigenvalue weighted by molar-refractivity contribution is -0.177. The van der Waals surface area contributed by atoms with Crippen molar-refractivity contribution in [3.05, 3.63) is 58.4 Å². The monoisotopic (exact) mass is 576 g/mol. The topological polar surface area (TPSA) is 62.2 Å². The smallest absolute Gasteiger partial charge is 0.416 e. The van der Waals surface area contributed by atoms with Crippen molar-refractivity contribution in [1.29, 1.82) is 0 Å². The molecular formula is C31H36F4N2O4. The molecule has 1 N–H and O–H groups in total. The molecule has 1 amide bonds. The van der Waals surface area contributed by atoms with Gasteiger partial charge in [0, 0.05) is 24.7 Å². The summed E-state index contributed by atoms with van der Waals surface area (Å²) in [6.07, 6.45) is 0.983. The summed E-state index contributed by atoms with van der Waals surface area (Å²) in [5.74, 6) is -0.411. The van der Waals surface area contributed by atoms with Crippen LogP contribution in [0.4, 0.5) is 17.6 Å². The molecule has 0 bridgehead atoms. The Bertz CT molecular complexity index is 1300. The number of hydrogen-bond acceptors (Lipinski definition) is 5. The molecule has 2 atom stereocenters. The molecule has 6 nitrogen and oxygen atoms in total. The van der Waals surface area contributed by atoms with Crippen LogP contribution in [-0.2, 0) is 28.7 Å². The summed E-state index contributed by atoms with van der Waals surface area (Å²) in [6, 6.07) is 6.96. The van der Waals surface area contributed by atoms with E-state index in [1.54, 1.807) is 11.0 Å². The number of benzene rings is 2. The molecule has 6 rings (SSSR count). The first-order valence-corrected chi connectivity index (χ1v) is 14.5. The summed E-state index contributed by atoms with van der Waals surface area (Å²) < 4.78 is 65.9. The third-order valence-corrected chi connectivity index (χ3v) is 9.60. The Balaban J connectivity index is 1.11. The quantitative estimate of drug-likeness (QED) is 0.467.